The summed E-state index contributed by atoms with van der Waals surface area (Å²) in [5.74, 6) is -0.141. The Morgan fingerprint density at radius 3 is 2.55 bits per heavy atom. The fourth-order valence-corrected chi connectivity index (χ4v) is 3.42. The van der Waals surface area contributed by atoms with Crippen LogP contribution < -0.4 is 0 Å². The van der Waals surface area contributed by atoms with Gasteiger partial charge in [-0.3, -0.25) is 14.9 Å². The Bertz CT molecular complexity index is 999. The van der Waals surface area contributed by atoms with Gasteiger partial charge in [0.05, 0.1) is 11.5 Å². The second kappa shape index (κ2) is 9.39. The van der Waals surface area contributed by atoms with Gasteiger partial charge in [0.25, 0.3) is 11.6 Å². The third-order valence-electron chi connectivity index (χ3n) is 4.62. The van der Waals surface area contributed by atoms with E-state index >= 15 is 0 Å². The molecule has 0 N–H and O–H groups in total. The van der Waals surface area contributed by atoms with Crippen molar-refractivity contribution in [2.75, 3.05) is 6.54 Å². The molecule has 1 heterocycles. The first-order valence-electron chi connectivity index (χ1n) is 9.40. The second-order valence-electron chi connectivity index (χ2n) is 6.79. The monoisotopic (exact) mass is 411 g/mol. The fourth-order valence-electron chi connectivity index (χ4n) is 3.21. The summed E-state index contributed by atoms with van der Waals surface area (Å²) in [6.45, 7) is 3.73. The summed E-state index contributed by atoms with van der Waals surface area (Å²) in [5.41, 5.74) is 2.50. The van der Waals surface area contributed by atoms with E-state index < -0.39 is 4.92 Å². The van der Waals surface area contributed by atoms with Gasteiger partial charge in [-0.15, -0.1) is 0 Å². The molecule has 6 nitrogen and oxygen atoms in total. The third-order valence-corrected chi connectivity index (χ3v) is 4.86. The molecule has 0 atom stereocenters. The molecule has 3 aromatic rings. The van der Waals surface area contributed by atoms with Crippen LogP contribution in [0.25, 0.3) is 0 Å². The Morgan fingerprint density at radius 2 is 1.90 bits per heavy atom. The zero-order valence-electron chi connectivity index (χ0n) is 16.1. The Balaban J connectivity index is 1.78. The van der Waals surface area contributed by atoms with Crippen molar-refractivity contribution in [1.82, 2.24) is 9.47 Å². The first kappa shape index (κ1) is 20.6. The van der Waals surface area contributed by atoms with Crippen molar-refractivity contribution in [3.05, 3.63) is 98.8 Å². The van der Waals surface area contributed by atoms with Gasteiger partial charge in [0.1, 0.15) is 0 Å². The minimum Gasteiger partial charge on any atom is -0.345 e. The average molecular weight is 412 g/mol. The standard InChI is InChI=1S/C22H22ClN3O3/c1-2-12-25(22(27)18-8-10-20(11-9-18)26(28)29)16-21-7-4-13-24(21)15-17-5-3-6-19(23)14-17/h3-11,13-14H,2,12,15-16H2,1H3. The van der Waals surface area contributed by atoms with Gasteiger partial charge < -0.3 is 9.47 Å². The zero-order valence-corrected chi connectivity index (χ0v) is 16.9. The highest BCUT2D eigenvalue weighted by Crippen LogP contribution is 2.17. The summed E-state index contributed by atoms with van der Waals surface area (Å²) < 4.78 is 2.09. The molecule has 0 saturated carbocycles. The molecule has 0 spiro atoms. The second-order valence-corrected chi connectivity index (χ2v) is 7.22. The number of non-ortho nitro benzene ring substituents is 1. The maximum absolute atomic E-state index is 13.0. The van der Waals surface area contributed by atoms with Crippen LogP contribution in [-0.2, 0) is 13.1 Å². The van der Waals surface area contributed by atoms with Crippen LogP contribution in [0.2, 0.25) is 5.02 Å². The molecule has 0 aliphatic carbocycles. The lowest BCUT2D eigenvalue weighted by atomic mass is 10.1. The molecule has 2 aromatic carbocycles. The van der Waals surface area contributed by atoms with Crippen LogP contribution in [0.15, 0.2) is 66.9 Å². The molecule has 7 heteroatoms. The van der Waals surface area contributed by atoms with Crippen molar-refractivity contribution in [1.29, 1.82) is 0 Å². The lowest BCUT2D eigenvalue weighted by Gasteiger charge is -2.23. The van der Waals surface area contributed by atoms with E-state index in [2.05, 4.69) is 4.57 Å². The summed E-state index contributed by atoms with van der Waals surface area (Å²) in [6.07, 6.45) is 2.80. The molecule has 0 aliphatic rings. The first-order chi connectivity index (χ1) is 14.0. The highest BCUT2D eigenvalue weighted by molar-refractivity contribution is 6.30. The van der Waals surface area contributed by atoms with Gasteiger partial charge >= 0.3 is 0 Å². The lowest BCUT2D eigenvalue weighted by Crippen LogP contribution is -2.32. The highest BCUT2D eigenvalue weighted by Gasteiger charge is 2.18. The summed E-state index contributed by atoms with van der Waals surface area (Å²) in [6, 6.07) is 17.4. The van der Waals surface area contributed by atoms with Gasteiger partial charge in [-0.05, 0) is 48.4 Å². The minimum atomic E-state index is -0.471. The van der Waals surface area contributed by atoms with Crippen LogP contribution in [0.3, 0.4) is 0 Å². The van der Waals surface area contributed by atoms with Crippen molar-refractivity contribution in [3.8, 4) is 0 Å². The maximum Gasteiger partial charge on any atom is 0.269 e. The summed E-state index contributed by atoms with van der Waals surface area (Å²) in [5, 5.41) is 11.5. The van der Waals surface area contributed by atoms with E-state index in [1.54, 1.807) is 4.90 Å². The van der Waals surface area contributed by atoms with Crippen LogP contribution in [0.4, 0.5) is 5.69 Å². The van der Waals surface area contributed by atoms with Crippen molar-refractivity contribution in [3.63, 3.8) is 0 Å². The fraction of sp³-hybridized carbons (Fsp3) is 0.227. The molecule has 150 valence electrons. The number of hydrogen-bond acceptors (Lipinski definition) is 3. The van der Waals surface area contributed by atoms with Crippen LogP contribution >= 0.6 is 11.6 Å². The van der Waals surface area contributed by atoms with Crippen molar-refractivity contribution >= 4 is 23.2 Å². The number of nitro groups is 1. The molecule has 0 fully saturated rings. The van der Waals surface area contributed by atoms with Gasteiger partial charge in [-0.2, -0.15) is 0 Å². The number of nitrogens with zero attached hydrogens (tertiary/aromatic N) is 3. The van der Waals surface area contributed by atoms with E-state index in [4.69, 9.17) is 11.6 Å². The lowest BCUT2D eigenvalue weighted by molar-refractivity contribution is -0.384. The number of hydrogen-bond donors (Lipinski definition) is 0. The van der Waals surface area contributed by atoms with Gasteiger partial charge in [0, 0.05) is 47.7 Å². The van der Waals surface area contributed by atoms with E-state index in [9.17, 15) is 14.9 Å². The van der Waals surface area contributed by atoms with Crippen LogP contribution in [0.1, 0.15) is 35.0 Å². The molecule has 0 aliphatic heterocycles. The normalized spacial score (nSPS) is 10.7. The largest absolute Gasteiger partial charge is 0.345 e. The van der Waals surface area contributed by atoms with E-state index in [-0.39, 0.29) is 11.6 Å². The molecular formula is C22H22ClN3O3. The van der Waals surface area contributed by atoms with Crippen LogP contribution in [0, 0.1) is 10.1 Å². The van der Waals surface area contributed by atoms with Gasteiger partial charge in [-0.25, -0.2) is 0 Å². The number of carbonyl (C=O) groups excluding carboxylic acids is 1. The Hall–Kier alpha value is -3.12. The Morgan fingerprint density at radius 1 is 1.14 bits per heavy atom. The van der Waals surface area contributed by atoms with E-state index in [1.165, 1.54) is 24.3 Å². The molecule has 0 unspecified atom stereocenters. The van der Waals surface area contributed by atoms with Crippen LogP contribution in [0.5, 0.6) is 0 Å². The summed E-state index contributed by atoms with van der Waals surface area (Å²) in [7, 11) is 0. The number of carbonyl (C=O) groups is 1. The van der Waals surface area contributed by atoms with E-state index in [0.29, 0.717) is 30.2 Å². The highest BCUT2D eigenvalue weighted by atomic mass is 35.5. The number of halogens is 1. The zero-order chi connectivity index (χ0) is 20.8. The number of rotatable bonds is 8. The van der Waals surface area contributed by atoms with E-state index in [1.807, 2.05) is 49.5 Å². The van der Waals surface area contributed by atoms with Crippen molar-refractivity contribution in [2.24, 2.45) is 0 Å². The van der Waals surface area contributed by atoms with Gasteiger partial charge in [-0.1, -0.05) is 30.7 Å². The summed E-state index contributed by atoms with van der Waals surface area (Å²) in [4.78, 5) is 25.1. The number of amides is 1. The molecule has 29 heavy (non-hydrogen) atoms. The number of aromatic nitrogens is 1. The Kier molecular flexibility index (Phi) is 6.67. The molecule has 1 amide bonds. The predicted octanol–water partition coefficient (Wildman–Crippen LogP) is 5.15. The van der Waals surface area contributed by atoms with Crippen molar-refractivity contribution < 1.29 is 9.72 Å². The number of benzene rings is 2. The van der Waals surface area contributed by atoms with Gasteiger partial charge in [0.15, 0.2) is 0 Å². The maximum atomic E-state index is 13.0. The SMILES string of the molecule is CCCN(Cc1cccn1Cc1cccc(Cl)c1)C(=O)c1ccc([N+](=O)[O-])cc1. The quantitative estimate of drug-likeness (QED) is 0.380. The van der Waals surface area contributed by atoms with Gasteiger partial charge in [0.2, 0.25) is 0 Å². The molecule has 1 aromatic heterocycles. The molecular weight excluding hydrogens is 390 g/mol. The molecule has 3 rings (SSSR count). The smallest absolute Gasteiger partial charge is 0.269 e. The van der Waals surface area contributed by atoms with E-state index in [0.717, 1.165) is 17.7 Å². The third kappa shape index (κ3) is 5.23. The Labute approximate surface area is 174 Å². The predicted molar refractivity (Wildman–Crippen MR) is 113 cm³/mol. The molecule has 0 saturated heterocycles. The van der Waals surface area contributed by atoms with Crippen LogP contribution in [-0.4, -0.2) is 26.8 Å². The molecule has 0 radical (unpaired) electrons. The minimum absolute atomic E-state index is 0.0287. The molecule has 0 bridgehead atoms. The summed E-state index contributed by atoms with van der Waals surface area (Å²) >= 11 is 6.09. The van der Waals surface area contributed by atoms with Crippen molar-refractivity contribution in [2.45, 2.75) is 26.4 Å². The topological polar surface area (TPSA) is 68.4 Å². The average Bonchev–Trinajstić information content (AvgIpc) is 3.14. The number of nitro benzene ring substituents is 1. The first-order valence-corrected chi connectivity index (χ1v) is 9.78.